The van der Waals surface area contributed by atoms with Crippen LogP contribution in [0.15, 0.2) is 82.8 Å². The minimum atomic E-state index is -4.12. The molecule has 1 amide bonds. The van der Waals surface area contributed by atoms with E-state index in [1.807, 2.05) is 6.07 Å². The van der Waals surface area contributed by atoms with Crippen LogP contribution < -0.4 is 14.5 Å². The molecule has 4 rings (SSSR count). The maximum absolute atomic E-state index is 13.4. The summed E-state index contributed by atoms with van der Waals surface area (Å²) in [5.41, 5.74) is 3.58. The number of benzene rings is 3. The topological polar surface area (TPSA) is 101 Å². The third kappa shape index (κ3) is 6.14. The molecule has 190 valence electrons. The van der Waals surface area contributed by atoms with Crippen LogP contribution in [0.1, 0.15) is 5.56 Å². The van der Waals surface area contributed by atoms with E-state index in [1.54, 1.807) is 43.5 Å². The summed E-state index contributed by atoms with van der Waals surface area (Å²) in [6.45, 7) is -0.573. The number of aromatic nitrogens is 1. The Morgan fingerprint density at radius 2 is 1.78 bits per heavy atom. The number of ether oxygens (including phenoxy) is 1. The molecule has 37 heavy (non-hydrogen) atoms. The summed E-state index contributed by atoms with van der Waals surface area (Å²) in [6, 6.07) is 19.1. The van der Waals surface area contributed by atoms with Gasteiger partial charge in [0.2, 0.25) is 0 Å². The number of hydrazone groups is 1. The molecule has 4 aromatic rings. The van der Waals surface area contributed by atoms with Gasteiger partial charge in [-0.2, -0.15) is 5.10 Å². The van der Waals surface area contributed by atoms with Gasteiger partial charge < -0.3 is 4.74 Å². The standard InChI is InChI=1S/C25H19Cl3N4O4S/c1-36-19-9-7-16-11-17(25(28)30-23(16)13-19)14-29-31-24(33)15-32(18-8-10-21(26)22(27)12-18)37(34,35)20-5-3-2-4-6-20/h2-14H,15H2,1H3,(H,31,33)/b29-14-. The molecule has 0 saturated carbocycles. The lowest BCUT2D eigenvalue weighted by atomic mass is 10.1. The van der Waals surface area contributed by atoms with Gasteiger partial charge in [0, 0.05) is 17.0 Å². The zero-order valence-electron chi connectivity index (χ0n) is 19.2. The van der Waals surface area contributed by atoms with Gasteiger partial charge in [-0.25, -0.2) is 18.8 Å². The van der Waals surface area contributed by atoms with Crippen LogP contribution in [0.5, 0.6) is 5.75 Å². The van der Waals surface area contributed by atoms with E-state index in [9.17, 15) is 13.2 Å². The first kappa shape index (κ1) is 26.7. The van der Waals surface area contributed by atoms with Gasteiger partial charge in [0.15, 0.2) is 0 Å². The van der Waals surface area contributed by atoms with E-state index in [1.165, 1.54) is 36.5 Å². The normalized spacial score (nSPS) is 11.6. The Kier molecular flexibility index (Phi) is 8.19. The van der Waals surface area contributed by atoms with Crippen LogP contribution in [0.2, 0.25) is 15.2 Å². The maximum atomic E-state index is 13.4. The highest BCUT2D eigenvalue weighted by Gasteiger charge is 2.27. The fourth-order valence-corrected chi connectivity index (χ4v) is 5.29. The molecule has 0 bridgehead atoms. The number of hydrogen-bond donors (Lipinski definition) is 1. The lowest BCUT2D eigenvalue weighted by molar-refractivity contribution is -0.119. The number of carbonyl (C=O) groups is 1. The number of amides is 1. The van der Waals surface area contributed by atoms with Crippen molar-refractivity contribution in [3.8, 4) is 5.75 Å². The van der Waals surface area contributed by atoms with Crippen molar-refractivity contribution in [1.82, 2.24) is 10.4 Å². The van der Waals surface area contributed by atoms with Gasteiger partial charge in [0.1, 0.15) is 17.4 Å². The number of carbonyl (C=O) groups excluding carboxylic acids is 1. The van der Waals surface area contributed by atoms with Crippen molar-refractivity contribution in [3.63, 3.8) is 0 Å². The van der Waals surface area contributed by atoms with E-state index in [4.69, 9.17) is 39.5 Å². The van der Waals surface area contributed by atoms with Gasteiger partial charge in [0.25, 0.3) is 15.9 Å². The second-order valence-corrected chi connectivity index (χ2v) is 10.7. The highest BCUT2D eigenvalue weighted by atomic mass is 35.5. The SMILES string of the molecule is COc1ccc2cc(/C=N\NC(=O)CN(c3ccc(Cl)c(Cl)c3)S(=O)(=O)c3ccccc3)c(Cl)nc2c1. The molecular weight excluding hydrogens is 559 g/mol. The van der Waals surface area contributed by atoms with E-state index in [0.717, 1.165) is 9.69 Å². The van der Waals surface area contributed by atoms with Crippen molar-refractivity contribution in [2.75, 3.05) is 18.0 Å². The van der Waals surface area contributed by atoms with Crippen LogP contribution in [0, 0.1) is 0 Å². The summed E-state index contributed by atoms with van der Waals surface area (Å²) in [5, 5.41) is 5.28. The second-order valence-electron chi connectivity index (χ2n) is 7.64. The molecule has 1 aromatic heterocycles. The van der Waals surface area contributed by atoms with Crippen LogP contribution in [0.4, 0.5) is 5.69 Å². The quantitative estimate of drug-likeness (QED) is 0.168. The molecule has 12 heteroatoms. The van der Waals surface area contributed by atoms with Gasteiger partial charge >= 0.3 is 0 Å². The number of anilines is 1. The molecule has 3 aromatic carbocycles. The molecule has 0 spiro atoms. The summed E-state index contributed by atoms with van der Waals surface area (Å²) >= 11 is 18.4. The zero-order valence-corrected chi connectivity index (χ0v) is 22.3. The Labute approximate surface area is 228 Å². The van der Waals surface area contributed by atoms with E-state index < -0.39 is 22.5 Å². The Morgan fingerprint density at radius 1 is 1.03 bits per heavy atom. The predicted octanol–water partition coefficient (Wildman–Crippen LogP) is 5.55. The molecular formula is C25H19Cl3N4O4S. The third-order valence-corrected chi connectivity index (χ3v) is 8.04. The Hall–Kier alpha value is -3.37. The van der Waals surface area contributed by atoms with Crippen molar-refractivity contribution in [2.24, 2.45) is 5.10 Å². The summed E-state index contributed by atoms with van der Waals surface area (Å²) in [4.78, 5) is 17.1. The lowest BCUT2D eigenvalue weighted by Crippen LogP contribution is -2.39. The van der Waals surface area contributed by atoms with Crippen molar-refractivity contribution < 1.29 is 17.9 Å². The second kappa shape index (κ2) is 11.4. The first-order chi connectivity index (χ1) is 17.7. The number of sulfonamides is 1. The number of halogens is 3. The Morgan fingerprint density at radius 3 is 2.49 bits per heavy atom. The van der Waals surface area contributed by atoms with Crippen molar-refractivity contribution in [1.29, 1.82) is 0 Å². The maximum Gasteiger partial charge on any atom is 0.264 e. The number of nitrogens with zero attached hydrogens (tertiary/aromatic N) is 3. The average molecular weight is 578 g/mol. The smallest absolute Gasteiger partial charge is 0.264 e. The van der Waals surface area contributed by atoms with Crippen LogP contribution in [0.3, 0.4) is 0 Å². The summed E-state index contributed by atoms with van der Waals surface area (Å²) in [7, 11) is -2.56. The first-order valence-electron chi connectivity index (χ1n) is 10.7. The van der Waals surface area contributed by atoms with E-state index in [2.05, 4.69) is 15.5 Å². The number of hydrogen-bond acceptors (Lipinski definition) is 6. The first-order valence-corrected chi connectivity index (χ1v) is 13.3. The summed E-state index contributed by atoms with van der Waals surface area (Å²) in [6.07, 6.45) is 1.33. The molecule has 0 aliphatic heterocycles. The van der Waals surface area contributed by atoms with Crippen LogP contribution in [0.25, 0.3) is 10.9 Å². The van der Waals surface area contributed by atoms with Crippen molar-refractivity contribution >= 4 is 73.5 Å². The minimum absolute atomic E-state index is 0.00280. The molecule has 0 unspecified atom stereocenters. The van der Waals surface area contributed by atoms with Gasteiger partial charge in [-0.05, 0) is 48.5 Å². The highest BCUT2D eigenvalue weighted by Crippen LogP contribution is 2.30. The van der Waals surface area contributed by atoms with Crippen molar-refractivity contribution in [3.05, 3.63) is 93.6 Å². The zero-order chi connectivity index (χ0) is 26.6. The van der Waals surface area contributed by atoms with Crippen LogP contribution in [-0.4, -0.2) is 39.2 Å². The number of nitrogens with one attached hydrogen (secondary N) is 1. The van der Waals surface area contributed by atoms with Gasteiger partial charge in [0.05, 0.1) is 39.5 Å². The van der Waals surface area contributed by atoms with Crippen LogP contribution in [-0.2, 0) is 14.8 Å². The molecule has 0 radical (unpaired) electrons. The van der Waals surface area contributed by atoms with Crippen molar-refractivity contribution in [2.45, 2.75) is 4.90 Å². The lowest BCUT2D eigenvalue weighted by Gasteiger charge is -2.24. The van der Waals surface area contributed by atoms with Crippen LogP contribution >= 0.6 is 34.8 Å². The van der Waals surface area contributed by atoms with E-state index in [0.29, 0.717) is 16.8 Å². The third-order valence-electron chi connectivity index (χ3n) is 5.21. The number of methoxy groups -OCH3 is 1. The molecule has 8 nitrogen and oxygen atoms in total. The Balaban J connectivity index is 1.57. The number of rotatable bonds is 8. The molecule has 1 N–H and O–H groups in total. The van der Waals surface area contributed by atoms with E-state index >= 15 is 0 Å². The van der Waals surface area contributed by atoms with E-state index in [-0.39, 0.29) is 25.8 Å². The average Bonchev–Trinajstić information content (AvgIpc) is 2.89. The molecule has 0 saturated heterocycles. The van der Waals surface area contributed by atoms with Gasteiger partial charge in [-0.15, -0.1) is 0 Å². The fraction of sp³-hybridized carbons (Fsp3) is 0.0800. The number of pyridine rings is 1. The molecule has 0 aliphatic rings. The molecule has 0 fully saturated rings. The minimum Gasteiger partial charge on any atom is -0.497 e. The van der Waals surface area contributed by atoms with Gasteiger partial charge in [-0.3, -0.25) is 9.10 Å². The molecule has 0 atom stereocenters. The van der Waals surface area contributed by atoms with Gasteiger partial charge in [-0.1, -0.05) is 53.0 Å². The largest absolute Gasteiger partial charge is 0.497 e. The fourth-order valence-electron chi connectivity index (χ4n) is 3.37. The predicted molar refractivity (Wildman–Crippen MR) is 146 cm³/mol. The monoisotopic (exact) mass is 576 g/mol. The summed E-state index contributed by atoms with van der Waals surface area (Å²) < 4.78 is 32.9. The molecule has 1 heterocycles. The Bertz CT molecular complexity index is 1600. The molecule has 0 aliphatic carbocycles. The summed E-state index contributed by atoms with van der Waals surface area (Å²) in [5.74, 6) is -0.0573. The highest BCUT2D eigenvalue weighted by molar-refractivity contribution is 7.92. The number of fused-ring (bicyclic) bond motifs is 1.